The summed E-state index contributed by atoms with van der Waals surface area (Å²) in [7, 11) is 1.59. The van der Waals surface area contributed by atoms with Gasteiger partial charge in [0.25, 0.3) is 0 Å². The highest BCUT2D eigenvalue weighted by Crippen LogP contribution is 2.30. The number of nitrogens with one attached hydrogen (secondary N) is 2. The third-order valence-electron chi connectivity index (χ3n) is 3.59. The molecule has 5 nitrogen and oxygen atoms in total. The first-order chi connectivity index (χ1) is 12.4. The van der Waals surface area contributed by atoms with E-state index in [1.165, 1.54) is 6.07 Å². The van der Waals surface area contributed by atoms with Gasteiger partial charge in [0.15, 0.2) is 5.96 Å². The first-order valence-electron chi connectivity index (χ1n) is 8.07. The van der Waals surface area contributed by atoms with Crippen LogP contribution >= 0.6 is 24.0 Å². The average Bonchev–Trinajstić information content (AvgIpc) is 2.64. The molecule has 2 rings (SSSR count). The lowest BCUT2D eigenvalue weighted by molar-refractivity contribution is -0.137. The zero-order valence-corrected chi connectivity index (χ0v) is 17.3. The molecule has 1 aromatic carbocycles. The summed E-state index contributed by atoms with van der Waals surface area (Å²) < 4.78 is 44.0. The lowest BCUT2D eigenvalue weighted by Gasteiger charge is -2.19. The molecule has 0 amide bonds. The van der Waals surface area contributed by atoms with E-state index in [1.807, 2.05) is 0 Å². The van der Waals surface area contributed by atoms with E-state index < -0.39 is 11.7 Å². The summed E-state index contributed by atoms with van der Waals surface area (Å²) in [6, 6.07) is 8.47. The number of guanidine groups is 1. The monoisotopic (exact) mass is 494 g/mol. The van der Waals surface area contributed by atoms with Gasteiger partial charge in [0.05, 0.1) is 24.3 Å². The summed E-state index contributed by atoms with van der Waals surface area (Å²) in [6.45, 7) is 2.64. The van der Waals surface area contributed by atoms with Crippen LogP contribution < -0.4 is 15.4 Å². The fourth-order valence-corrected chi connectivity index (χ4v) is 2.24. The molecule has 1 heterocycles. The largest absolute Gasteiger partial charge is 0.490 e. The second kappa shape index (κ2) is 11.0. The Morgan fingerprint density at radius 1 is 1.26 bits per heavy atom. The fraction of sp³-hybridized carbons (Fsp3) is 0.333. The van der Waals surface area contributed by atoms with Crippen molar-refractivity contribution in [2.45, 2.75) is 19.1 Å². The second-order valence-electron chi connectivity index (χ2n) is 5.53. The number of alkyl halides is 3. The highest BCUT2D eigenvalue weighted by molar-refractivity contribution is 14.0. The maximum absolute atomic E-state index is 12.8. The van der Waals surface area contributed by atoms with E-state index in [0.29, 0.717) is 30.4 Å². The Kier molecular flexibility index (Phi) is 9.33. The number of nitrogens with zero attached hydrogens (tertiary/aromatic N) is 2. The molecule has 1 unspecified atom stereocenters. The van der Waals surface area contributed by atoms with E-state index in [-0.39, 0.29) is 30.0 Å². The van der Waals surface area contributed by atoms with E-state index >= 15 is 0 Å². The fourth-order valence-electron chi connectivity index (χ4n) is 2.24. The number of aromatic nitrogens is 1. The first-order valence-corrected chi connectivity index (χ1v) is 8.07. The Morgan fingerprint density at radius 3 is 2.67 bits per heavy atom. The van der Waals surface area contributed by atoms with Crippen molar-refractivity contribution in [3.05, 3.63) is 59.9 Å². The molecule has 0 aliphatic heterocycles. The molecule has 0 fully saturated rings. The molecule has 0 saturated carbocycles. The van der Waals surface area contributed by atoms with Crippen molar-refractivity contribution in [2.75, 3.05) is 20.2 Å². The minimum Gasteiger partial charge on any atom is -0.490 e. The Labute approximate surface area is 173 Å². The topological polar surface area (TPSA) is 58.5 Å². The Hall–Kier alpha value is -2.04. The standard InChI is InChI=1S/C18H21F3N4O.HI/c1-13(14-5-3-6-15(11-14)18(19,20)21)25-17(22-2)24-9-10-26-16-7-4-8-23-12-16;/h3-8,11-13H,9-10H2,1-2H3,(H2,22,24,25);1H. The van der Waals surface area contributed by atoms with Crippen LogP contribution in [0.3, 0.4) is 0 Å². The van der Waals surface area contributed by atoms with Crippen molar-refractivity contribution in [3.63, 3.8) is 0 Å². The molecular weight excluding hydrogens is 472 g/mol. The zero-order valence-electron chi connectivity index (χ0n) is 15.0. The van der Waals surface area contributed by atoms with Crippen LogP contribution in [0.4, 0.5) is 13.2 Å². The SMILES string of the molecule is CN=C(NCCOc1cccnc1)NC(C)c1cccc(C(F)(F)F)c1.I. The minimum absolute atomic E-state index is 0. The van der Waals surface area contributed by atoms with Gasteiger partial charge in [-0.05, 0) is 36.8 Å². The highest BCUT2D eigenvalue weighted by Gasteiger charge is 2.30. The molecule has 148 valence electrons. The summed E-state index contributed by atoms with van der Waals surface area (Å²) >= 11 is 0. The molecule has 0 radical (unpaired) electrons. The molecule has 0 bridgehead atoms. The van der Waals surface area contributed by atoms with E-state index in [1.54, 1.807) is 44.6 Å². The number of pyridine rings is 1. The molecule has 0 saturated heterocycles. The molecular formula is C18H22F3IN4O. The molecule has 0 spiro atoms. The summed E-state index contributed by atoms with van der Waals surface area (Å²) in [5.41, 5.74) is -0.147. The van der Waals surface area contributed by atoms with Crippen molar-refractivity contribution >= 4 is 29.9 Å². The number of halogens is 4. The van der Waals surface area contributed by atoms with Crippen LogP contribution in [0.2, 0.25) is 0 Å². The van der Waals surface area contributed by atoms with Gasteiger partial charge in [-0.2, -0.15) is 13.2 Å². The summed E-state index contributed by atoms with van der Waals surface area (Å²) in [5, 5.41) is 6.12. The zero-order chi connectivity index (χ0) is 19.0. The summed E-state index contributed by atoms with van der Waals surface area (Å²) in [6.07, 6.45) is -1.09. The van der Waals surface area contributed by atoms with Crippen LogP contribution in [0.1, 0.15) is 24.1 Å². The van der Waals surface area contributed by atoms with Gasteiger partial charge in [0.1, 0.15) is 12.4 Å². The van der Waals surface area contributed by atoms with Gasteiger partial charge < -0.3 is 15.4 Å². The van der Waals surface area contributed by atoms with Gasteiger partial charge in [-0.15, -0.1) is 24.0 Å². The summed E-state index contributed by atoms with van der Waals surface area (Å²) in [4.78, 5) is 8.02. The number of hydrogen-bond acceptors (Lipinski definition) is 3. The molecule has 27 heavy (non-hydrogen) atoms. The van der Waals surface area contributed by atoms with Crippen LogP contribution in [-0.4, -0.2) is 31.1 Å². The molecule has 2 N–H and O–H groups in total. The lowest BCUT2D eigenvalue weighted by atomic mass is 10.1. The van der Waals surface area contributed by atoms with Crippen LogP contribution in [0.5, 0.6) is 5.75 Å². The lowest BCUT2D eigenvalue weighted by Crippen LogP contribution is -2.40. The van der Waals surface area contributed by atoms with Crippen molar-refractivity contribution in [2.24, 2.45) is 4.99 Å². The smallest absolute Gasteiger partial charge is 0.416 e. The van der Waals surface area contributed by atoms with Gasteiger partial charge in [0.2, 0.25) is 0 Å². The van der Waals surface area contributed by atoms with Crippen molar-refractivity contribution in [1.82, 2.24) is 15.6 Å². The minimum atomic E-state index is -4.36. The molecule has 1 aromatic heterocycles. The predicted octanol–water partition coefficient (Wildman–Crippen LogP) is 4.02. The molecule has 2 aromatic rings. The average molecular weight is 494 g/mol. The van der Waals surface area contributed by atoms with Gasteiger partial charge in [-0.1, -0.05) is 12.1 Å². The third-order valence-corrected chi connectivity index (χ3v) is 3.59. The normalized spacial score (nSPS) is 12.7. The van der Waals surface area contributed by atoms with E-state index in [4.69, 9.17) is 4.74 Å². The predicted molar refractivity (Wildman–Crippen MR) is 110 cm³/mol. The number of hydrogen-bond donors (Lipinski definition) is 2. The van der Waals surface area contributed by atoms with Gasteiger partial charge in [-0.3, -0.25) is 9.98 Å². The third kappa shape index (κ3) is 7.61. The number of rotatable bonds is 6. The van der Waals surface area contributed by atoms with Crippen molar-refractivity contribution in [3.8, 4) is 5.75 Å². The summed E-state index contributed by atoms with van der Waals surface area (Å²) in [5.74, 6) is 1.14. The van der Waals surface area contributed by atoms with Crippen LogP contribution in [0.15, 0.2) is 53.8 Å². The number of benzene rings is 1. The van der Waals surface area contributed by atoms with E-state index in [0.717, 1.165) is 12.1 Å². The molecule has 1 atom stereocenters. The Balaban J connectivity index is 0.00000364. The van der Waals surface area contributed by atoms with Gasteiger partial charge in [-0.25, -0.2) is 0 Å². The van der Waals surface area contributed by atoms with Gasteiger partial charge in [0, 0.05) is 13.2 Å². The van der Waals surface area contributed by atoms with Gasteiger partial charge >= 0.3 is 6.18 Å². The maximum atomic E-state index is 12.8. The number of aliphatic imine (C=N–C) groups is 1. The van der Waals surface area contributed by atoms with Crippen LogP contribution in [-0.2, 0) is 6.18 Å². The second-order valence-corrected chi connectivity index (χ2v) is 5.53. The number of ether oxygens (including phenoxy) is 1. The Morgan fingerprint density at radius 2 is 2.04 bits per heavy atom. The first kappa shape index (κ1) is 23.0. The van der Waals surface area contributed by atoms with Crippen LogP contribution in [0, 0.1) is 0 Å². The maximum Gasteiger partial charge on any atom is 0.416 e. The molecule has 0 aliphatic carbocycles. The quantitative estimate of drug-likeness (QED) is 0.276. The Bertz CT molecular complexity index is 726. The highest BCUT2D eigenvalue weighted by atomic mass is 127. The van der Waals surface area contributed by atoms with Crippen molar-refractivity contribution in [1.29, 1.82) is 0 Å². The van der Waals surface area contributed by atoms with E-state index in [2.05, 4.69) is 20.6 Å². The molecule has 9 heteroatoms. The van der Waals surface area contributed by atoms with E-state index in [9.17, 15) is 13.2 Å². The van der Waals surface area contributed by atoms with Crippen molar-refractivity contribution < 1.29 is 17.9 Å². The molecule has 0 aliphatic rings. The van der Waals surface area contributed by atoms with Crippen LogP contribution in [0.25, 0.3) is 0 Å².